The van der Waals surface area contributed by atoms with Crippen LogP contribution in [0.2, 0.25) is 0 Å². The number of carbonyl (C=O) groups is 2. The molecular weight excluding hydrogens is 552 g/mol. The normalized spacial score (nSPS) is 29.8. The molecule has 7 atom stereocenters. The van der Waals surface area contributed by atoms with Gasteiger partial charge in [-0.1, -0.05) is 27.2 Å². The zero-order valence-corrected chi connectivity index (χ0v) is 25.8. The lowest BCUT2D eigenvalue weighted by atomic mass is 9.75. The summed E-state index contributed by atoms with van der Waals surface area (Å²) in [6.07, 6.45) is 4.90. The van der Waals surface area contributed by atoms with Crippen molar-refractivity contribution in [2.75, 3.05) is 33.4 Å². The van der Waals surface area contributed by atoms with Gasteiger partial charge in [0.15, 0.2) is 11.5 Å². The second-order valence-electron chi connectivity index (χ2n) is 13.2. The average Bonchev–Trinajstić information content (AvgIpc) is 3.74. The summed E-state index contributed by atoms with van der Waals surface area (Å²) < 4.78 is 18.2. The molecule has 1 aromatic rings. The van der Waals surface area contributed by atoms with Crippen LogP contribution in [0.1, 0.15) is 69.9 Å². The van der Waals surface area contributed by atoms with E-state index >= 15 is 0 Å². The smallest absolute Gasteiger partial charge is 0.249 e. The minimum absolute atomic E-state index is 0.00680. The Morgan fingerprint density at radius 1 is 1.16 bits per heavy atom. The van der Waals surface area contributed by atoms with Gasteiger partial charge in [-0.05, 0) is 73.1 Å². The predicted molar refractivity (Wildman–Crippen MR) is 160 cm³/mol. The van der Waals surface area contributed by atoms with Gasteiger partial charge in [-0.2, -0.15) is 0 Å². The van der Waals surface area contributed by atoms with E-state index in [2.05, 4.69) is 26.1 Å². The molecule has 0 bridgehead atoms. The number of ether oxygens (including phenoxy) is 3. The standard InChI is InChI=1S/C33H48N2O8/c1-18(2)22-8-5-19(3)11-26(22)42-17-28(38)35(15-20-6-7-20)25-14-24(33(40)34-9-10-36)29-23-12-21(16-37)13-27(41-4)31(23)43-32(29)30(25)39/h12-14,18-20,22,25-26,29-30,32,36-37,39H,5-11,15-17H2,1-4H3,(H,34,40). The Bertz CT molecular complexity index is 1200. The summed E-state index contributed by atoms with van der Waals surface area (Å²) >= 11 is 0. The van der Waals surface area contributed by atoms with Gasteiger partial charge >= 0.3 is 0 Å². The number of methoxy groups -OCH3 is 1. The Balaban J connectivity index is 1.46. The third-order valence-corrected chi connectivity index (χ3v) is 9.71. The first-order valence-electron chi connectivity index (χ1n) is 15.8. The van der Waals surface area contributed by atoms with Crippen molar-refractivity contribution in [3.05, 3.63) is 34.9 Å². The molecule has 0 aromatic heterocycles. The Morgan fingerprint density at radius 3 is 2.58 bits per heavy atom. The molecule has 7 unspecified atom stereocenters. The Kier molecular flexibility index (Phi) is 10.0. The molecule has 2 fully saturated rings. The molecule has 5 rings (SSSR count). The molecule has 4 aliphatic rings. The maximum absolute atomic E-state index is 13.9. The van der Waals surface area contributed by atoms with Gasteiger partial charge in [0, 0.05) is 24.2 Å². The van der Waals surface area contributed by atoms with E-state index in [9.17, 15) is 24.9 Å². The van der Waals surface area contributed by atoms with Crippen LogP contribution in [0.5, 0.6) is 11.5 Å². The number of benzene rings is 1. The minimum atomic E-state index is -1.13. The average molecular weight is 601 g/mol. The summed E-state index contributed by atoms with van der Waals surface area (Å²) in [5.74, 6) is 1.27. The lowest BCUT2D eigenvalue weighted by Crippen LogP contribution is -2.57. The highest BCUT2D eigenvalue weighted by atomic mass is 16.5. The largest absolute Gasteiger partial charge is 0.493 e. The van der Waals surface area contributed by atoms with Gasteiger partial charge in [0.1, 0.15) is 18.8 Å². The Hall–Kier alpha value is -2.66. The fraction of sp³-hybridized carbons (Fsp3) is 0.697. The van der Waals surface area contributed by atoms with Crippen LogP contribution >= 0.6 is 0 Å². The lowest BCUT2D eigenvalue weighted by molar-refractivity contribution is -0.147. The van der Waals surface area contributed by atoms with Crippen molar-refractivity contribution in [1.29, 1.82) is 0 Å². The van der Waals surface area contributed by atoms with Crippen molar-refractivity contribution < 1.29 is 39.1 Å². The van der Waals surface area contributed by atoms with E-state index in [0.717, 1.165) is 25.7 Å². The van der Waals surface area contributed by atoms with Crippen molar-refractivity contribution >= 4 is 11.8 Å². The van der Waals surface area contributed by atoms with E-state index in [-0.39, 0.29) is 38.4 Å². The fourth-order valence-electron chi connectivity index (χ4n) is 7.15. The number of carbonyl (C=O) groups excluding carboxylic acids is 2. The summed E-state index contributed by atoms with van der Waals surface area (Å²) in [5, 5.41) is 33.8. The topological polar surface area (TPSA) is 138 Å². The first-order chi connectivity index (χ1) is 20.7. The van der Waals surface area contributed by atoms with Gasteiger partial charge < -0.3 is 39.7 Å². The molecule has 0 radical (unpaired) electrons. The number of hydrogen-bond acceptors (Lipinski definition) is 8. The van der Waals surface area contributed by atoms with Crippen molar-refractivity contribution in [2.45, 2.75) is 89.8 Å². The van der Waals surface area contributed by atoms with Crippen LogP contribution in [0, 0.1) is 23.7 Å². The van der Waals surface area contributed by atoms with Gasteiger partial charge in [0.05, 0.1) is 38.4 Å². The molecule has 10 nitrogen and oxygen atoms in total. The first kappa shape index (κ1) is 31.8. The molecule has 3 aliphatic carbocycles. The van der Waals surface area contributed by atoms with E-state index < -0.39 is 30.1 Å². The van der Waals surface area contributed by atoms with Crippen LogP contribution in [0.4, 0.5) is 0 Å². The van der Waals surface area contributed by atoms with Crippen LogP contribution in [-0.2, 0) is 20.9 Å². The van der Waals surface area contributed by atoms with E-state index in [0.29, 0.717) is 58.4 Å². The Morgan fingerprint density at radius 2 is 1.93 bits per heavy atom. The lowest BCUT2D eigenvalue weighted by Gasteiger charge is -2.41. The number of nitrogens with zero attached hydrogens (tertiary/aromatic N) is 1. The number of aliphatic hydroxyl groups excluding tert-OH is 3. The molecule has 2 amide bonds. The summed E-state index contributed by atoms with van der Waals surface area (Å²) in [6.45, 7) is 6.62. The summed E-state index contributed by atoms with van der Waals surface area (Å²) in [5.41, 5.74) is 1.57. The number of amides is 2. The fourth-order valence-corrected chi connectivity index (χ4v) is 7.15. The monoisotopic (exact) mass is 600 g/mol. The van der Waals surface area contributed by atoms with Crippen LogP contribution in [0.15, 0.2) is 23.8 Å². The van der Waals surface area contributed by atoms with Crippen molar-refractivity contribution in [3.63, 3.8) is 0 Å². The molecule has 10 heteroatoms. The molecule has 0 saturated heterocycles. The zero-order valence-electron chi connectivity index (χ0n) is 25.8. The molecule has 1 aliphatic heterocycles. The van der Waals surface area contributed by atoms with Crippen LogP contribution < -0.4 is 14.8 Å². The summed E-state index contributed by atoms with van der Waals surface area (Å²) in [4.78, 5) is 29.1. The molecular formula is C33H48N2O8. The van der Waals surface area contributed by atoms with Gasteiger partial charge in [0.2, 0.25) is 11.8 Å². The van der Waals surface area contributed by atoms with E-state index in [1.807, 2.05) is 0 Å². The highest BCUT2D eigenvalue weighted by Crippen LogP contribution is 2.51. The molecule has 1 heterocycles. The Labute approximate surface area is 254 Å². The number of nitrogens with one attached hydrogen (secondary N) is 1. The quantitative estimate of drug-likeness (QED) is 0.287. The van der Waals surface area contributed by atoms with Crippen LogP contribution in [0.3, 0.4) is 0 Å². The van der Waals surface area contributed by atoms with Gasteiger partial charge in [-0.15, -0.1) is 0 Å². The van der Waals surface area contributed by atoms with Gasteiger partial charge in [0.25, 0.3) is 0 Å². The number of aliphatic hydroxyl groups is 3. The highest BCUT2D eigenvalue weighted by molar-refractivity contribution is 5.96. The summed E-state index contributed by atoms with van der Waals surface area (Å²) in [7, 11) is 1.50. The number of hydrogen-bond donors (Lipinski definition) is 4. The minimum Gasteiger partial charge on any atom is -0.493 e. The second kappa shape index (κ2) is 13.5. The number of fused-ring (bicyclic) bond motifs is 3. The maximum atomic E-state index is 13.9. The highest BCUT2D eigenvalue weighted by Gasteiger charge is 2.52. The second-order valence-corrected chi connectivity index (χ2v) is 13.2. The van der Waals surface area contributed by atoms with E-state index in [4.69, 9.17) is 14.2 Å². The number of rotatable bonds is 12. The third-order valence-electron chi connectivity index (χ3n) is 9.71. The zero-order chi connectivity index (χ0) is 30.8. The van der Waals surface area contributed by atoms with E-state index in [1.165, 1.54) is 13.5 Å². The molecule has 238 valence electrons. The summed E-state index contributed by atoms with van der Waals surface area (Å²) in [6, 6.07) is 2.63. The van der Waals surface area contributed by atoms with Crippen molar-refractivity contribution in [2.24, 2.45) is 23.7 Å². The van der Waals surface area contributed by atoms with Gasteiger partial charge in [-0.3, -0.25) is 9.59 Å². The molecule has 4 N–H and O–H groups in total. The molecule has 43 heavy (non-hydrogen) atoms. The molecule has 2 saturated carbocycles. The van der Waals surface area contributed by atoms with Crippen LogP contribution in [0.25, 0.3) is 0 Å². The molecule has 0 spiro atoms. The van der Waals surface area contributed by atoms with Crippen molar-refractivity contribution in [1.82, 2.24) is 10.2 Å². The predicted octanol–water partition coefficient (Wildman–Crippen LogP) is 2.53. The van der Waals surface area contributed by atoms with Crippen molar-refractivity contribution in [3.8, 4) is 11.5 Å². The first-order valence-corrected chi connectivity index (χ1v) is 15.8. The van der Waals surface area contributed by atoms with E-state index in [1.54, 1.807) is 23.1 Å². The van der Waals surface area contributed by atoms with Gasteiger partial charge in [-0.25, -0.2) is 0 Å². The van der Waals surface area contributed by atoms with Crippen LogP contribution in [-0.4, -0.2) is 89.8 Å². The SMILES string of the molecule is COc1cc(CO)cc2c1OC1C2C(C(=O)NCCO)=CC(N(CC2CC2)C(=O)COC2CC(C)CCC2C(C)C)C1O. The third kappa shape index (κ3) is 6.72. The maximum Gasteiger partial charge on any atom is 0.249 e. The molecule has 1 aromatic carbocycles.